The van der Waals surface area contributed by atoms with Crippen molar-refractivity contribution in [3.63, 3.8) is 0 Å². The quantitative estimate of drug-likeness (QED) is 0.188. The van der Waals surface area contributed by atoms with Crippen LogP contribution in [-0.4, -0.2) is 136 Å². The van der Waals surface area contributed by atoms with E-state index < -0.39 is 49.9 Å². The summed E-state index contributed by atoms with van der Waals surface area (Å²) in [5, 5.41) is 0.207. The predicted octanol–water partition coefficient (Wildman–Crippen LogP) is 15.4. The molecule has 82 heavy (non-hydrogen) atoms. The summed E-state index contributed by atoms with van der Waals surface area (Å²) in [4.78, 5) is 31.1. The molecule has 0 aromatic carbocycles. The van der Waals surface area contributed by atoms with Crippen molar-refractivity contribution in [2.24, 2.45) is 22.7 Å². The number of rotatable bonds is 6. The normalized spacial score (nSPS) is 37.5. The molecule has 2 amide bonds. The van der Waals surface area contributed by atoms with Crippen LogP contribution in [0.5, 0.6) is 0 Å². The molecule has 0 N–H and O–H groups in total. The number of hydrogen-bond donors (Lipinski definition) is 0. The fourth-order valence-electron chi connectivity index (χ4n) is 17.9. The summed E-state index contributed by atoms with van der Waals surface area (Å²) >= 11 is 0. The van der Waals surface area contributed by atoms with Gasteiger partial charge in [0.25, 0.3) is 0 Å². The van der Waals surface area contributed by atoms with Crippen LogP contribution in [0.25, 0.3) is 0 Å². The van der Waals surface area contributed by atoms with Crippen molar-refractivity contribution in [3.05, 3.63) is 68.9 Å². The lowest BCUT2D eigenvalue weighted by Gasteiger charge is -2.60. The van der Waals surface area contributed by atoms with Gasteiger partial charge in [-0.1, -0.05) is 67.5 Å². The Bertz CT molecular complexity index is 2630. The number of carbonyl (C=O) groups excluding carboxylic acids is 2. The molecule has 2 spiro atoms. The van der Waals surface area contributed by atoms with Gasteiger partial charge in [0.15, 0.2) is 16.6 Å². The van der Waals surface area contributed by atoms with Crippen molar-refractivity contribution in [1.82, 2.24) is 9.80 Å². The summed E-state index contributed by atoms with van der Waals surface area (Å²) in [7, 11) is -4.10. The molecule has 0 aromatic rings. The molecular formula is C68H106N2O10Si2. The van der Waals surface area contributed by atoms with Crippen molar-refractivity contribution in [2.75, 3.05) is 39.4 Å². The van der Waals surface area contributed by atoms with Crippen molar-refractivity contribution in [3.8, 4) is 0 Å². The van der Waals surface area contributed by atoms with Crippen LogP contribution in [0.1, 0.15) is 188 Å². The first kappa shape index (κ1) is 60.8. The Morgan fingerprint density at radius 3 is 1.27 bits per heavy atom. The molecule has 2 saturated heterocycles. The van der Waals surface area contributed by atoms with E-state index in [4.69, 9.17) is 37.3 Å². The zero-order chi connectivity index (χ0) is 59.6. The summed E-state index contributed by atoms with van der Waals surface area (Å²) in [6.07, 6.45) is 22.2. The smallest absolute Gasteiger partial charge is 0.410 e. The van der Waals surface area contributed by atoms with E-state index >= 15 is 0 Å². The minimum Gasteiger partial charge on any atom is -0.444 e. The molecule has 0 unspecified atom stereocenters. The molecule has 6 aliphatic heterocycles. The lowest BCUT2D eigenvalue weighted by molar-refractivity contribution is -0.143. The van der Waals surface area contributed by atoms with Gasteiger partial charge in [-0.3, -0.25) is 0 Å². The third kappa shape index (κ3) is 8.99. The number of nitrogens with zero attached hydrogens (tertiary/aromatic N) is 2. The minimum absolute atomic E-state index is 0.0641. The second kappa shape index (κ2) is 19.8. The highest BCUT2D eigenvalue weighted by Crippen LogP contribution is 2.74. The average Bonchev–Trinajstić information content (AvgIpc) is 1.83. The highest BCUT2D eigenvalue weighted by Gasteiger charge is 2.76. The van der Waals surface area contributed by atoms with Crippen LogP contribution in [0, 0.1) is 22.7 Å². The van der Waals surface area contributed by atoms with Crippen molar-refractivity contribution in [1.29, 1.82) is 0 Å². The fourth-order valence-corrected chi connectivity index (χ4v) is 20.7. The molecule has 4 bridgehead atoms. The number of hydrogen-bond acceptors (Lipinski definition) is 10. The molecule has 14 heteroatoms. The van der Waals surface area contributed by atoms with Crippen molar-refractivity contribution in [2.45, 2.75) is 282 Å². The highest BCUT2D eigenvalue weighted by atomic mass is 28.4. The largest absolute Gasteiger partial charge is 0.444 e. The Morgan fingerprint density at radius 2 is 0.927 bits per heavy atom. The Morgan fingerprint density at radius 1 is 0.573 bits per heavy atom. The highest BCUT2D eigenvalue weighted by molar-refractivity contribution is 6.74. The molecule has 12 nitrogen and oxygen atoms in total. The molecule has 456 valence electrons. The third-order valence-electron chi connectivity index (χ3n) is 23.2. The minimum atomic E-state index is -2.05. The first-order chi connectivity index (χ1) is 37.9. The van der Waals surface area contributed by atoms with Crippen LogP contribution in [0.4, 0.5) is 9.59 Å². The third-order valence-corrected chi connectivity index (χ3v) is 32.3. The summed E-state index contributed by atoms with van der Waals surface area (Å²) < 4.78 is 54.6. The number of carbonyl (C=O) groups is 2. The van der Waals surface area contributed by atoms with Gasteiger partial charge in [-0.2, -0.15) is 0 Å². The number of fused-ring (bicyclic) bond motifs is 4. The van der Waals surface area contributed by atoms with Crippen LogP contribution in [-0.2, 0) is 37.3 Å². The summed E-state index contributed by atoms with van der Waals surface area (Å²) in [5.41, 5.74) is 7.76. The van der Waals surface area contributed by atoms with Gasteiger partial charge < -0.3 is 47.1 Å². The second-order valence-corrected chi connectivity index (χ2v) is 41.9. The average molecular weight is 1170 g/mol. The molecule has 4 fully saturated rings. The van der Waals surface area contributed by atoms with Gasteiger partial charge in [0.05, 0.1) is 37.6 Å². The molecule has 6 heterocycles. The van der Waals surface area contributed by atoms with E-state index in [2.05, 4.69) is 120 Å². The monoisotopic (exact) mass is 1170 g/mol. The molecule has 2 saturated carbocycles. The first-order valence-corrected chi connectivity index (χ1v) is 38.0. The van der Waals surface area contributed by atoms with E-state index in [1.54, 1.807) is 22.3 Å². The Kier molecular flexibility index (Phi) is 14.7. The van der Waals surface area contributed by atoms with Gasteiger partial charge in [0, 0.05) is 37.0 Å². The Labute approximate surface area is 496 Å². The molecule has 12 atom stereocenters. The lowest BCUT2D eigenvalue weighted by atomic mass is 9.49. The van der Waals surface area contributed by atoms with Crippen LogP contribution in [0.15, 0.2) is 68.9 Å². The van der Waals surface area contributed by atoms with Gasteiger partial charge >= 0.3 is 12.2 Å². The van der Waals surface area contributed by atoms with E-state index in [0.29, 0.717) is 39.4 Å². The Hall–Kier alpha value is -2.83. The molecule has 0 aromatic heterocycles. The van der Waals surface area contributed by atoms with E-state index in [1.807, 2.05) is 51.3 Å². The second-order valence-electron chi connectivity index (χ2n) is 32.4. The van der Waals surface area contributed by atoms with Crippen LogP contribution in [0.2, 0.25) is 36.3 Å². The maximum Gasteiger partial charge on any atom is 0.410 e. The Balaban J connectivity index is 0.000000172. The van der Waals surface area contributed by atoms with Gasteiger partial charge in [-0.15, -0.1) is 0 Å². The van der Waals surface area contributed by atoms with Crippen molar-refractivity contribution >= 4 is 28.8 Å². The number of amides is 2. The van der Waals surface area contributed by atoms with Crippen molar-refractivity contribution < 1.29 is 46.9 Å². The predicted molar refractivity (Wildman–Crippen MR) is 329 cm³/mol. The maximum absolute atomic E-state index is 13.6. The van der Waals surface area contributed by atoms with Gasteiger partial charge in [-0.25, -0.2) is 9.59 Å². The molecule has 6 aliphatic carbocycles. The van der Waals surface area contributed by atoms with E-state index in [1.165, 1.54) is 48.0 Å². The molecule has 12 rings (SSSR count). The molecular weight excluding hydrogens is 1060 g/mol. The standard InChI is InChI=1S/2C34H53NO5Si/c2*1-22-20-32-21-35(29(36)39-30(3,4)5)17-18-37-33(32,16-15-25(32)23(2)40-41(9,10)31(6,7)8)28-19-27-24-13-11-12-14-26(24)34(22,28)38-27/h2*15,19,22-23,27H,11-14,16-18,20-21H2,1-10H3/t22-,23-,27+,32+,33+,34+;22-,23-,27-,32+,33+,34-/m11/s1. The van der Waals surface area contributed by atoms with E-state index in [-0.39, 0.29) is 69.7 Å². The van der Waals surface area contributed by atoms with Gasteiger partial charge in [-0.05, 0) is 237 Å². The van der Waals surface area contributed by atoms with E-state index in [0.717, 1.165) is 51.4 Å². The molecule has 0 radical (unpaired) electrons. The maximum atomic E-state index is 13.6. The topological polar surface area (TPSA) is 114 Å². The van der Waals surface area contributed by atoms with Crippen LogP contribution >= 0.6 is 0 Å². The van der Waals surface area contributed by atoms with Crippen LogP contribution < -0.4 is 0 Å². The SMILES string of the molecule is C[C@@H]1C[C@@]23CN(C(=O)OC(C)(C)C)CCO[C@@]2(CC=C3[C@@H](C)O[Si](C)(C)C(C)(C)C)C2=C[C@@H]3O[C@@]21C1=C3CCCC1.C[C@@H]1C[C@@]23CN(C(=O)OC(C)(C)C)CCO[C@@]2(CC=C3[C@@H](C)O[Si](C)(C)C(C)(C)C)C2=C[C@H]3O[C@]21C1=C3CCCC1. The summed E-state index contributed by atoms with van der Waals surface area (Å²) in [6, 6.07) is 0. The number of ether oxygens (including phenoxy) is 6. The molecule has 12 aliphatic rings. The van der Waals surface area contributed by atoms with Gasteiger partial charge in [0.2, 0.25) is 0 Å². The first-order valence-electron chi connectivity index (χ1n) is 32.2. The zero-order valence-electron chi connectivity index (χ0n) is 54.5. The summed E-state index contributed by atoms with van der Waals surface area (Å²) in [5.74, 6) is 0.530. The fraction of sp³-hybridized carbons (Fsp3) is 0.794. The van der Waals surface area contributed by atoms with Crippen LogP contribution in [0.3, 0.4) is 0 Å². The van der Waals surface area contributed by atoms with E-state index in [9.17, 15) is 9.59 Å². The lowest BCUT2D eigenvalue weighted by Crippen LogP contribution is -2.65. The zero-order valence-corrected chi connectivity index (χ0v) is 56.5. The summed E-state index contributed by atoms with van der Waals surface area (Å²) in [6.45, 7) is 47.2. The van der Waals surface area contributed by atoms with Gasteiger partial charge in [0.1, 0.15) is 33.6 Å².